The van der Waals surface area contributed by atoms with E-state index in [1.807, 2.05) is 0 Å². The highest BCUT2D eigenvalue weighted by atomic mass is 14.9. The molecule has 0 saturated heterocycles. The fraction of sp³-hybridized carbons (Fsp3) is 0.500. The van der Waals surface area contributed by atoms with Crippen molar-refractivity contribution in [2.45, 2.75) is 39.0 Å². The molecule has 2 aromatic rings. The van der Waals surface area contributed by atoms with Crippen LogP contribution >= 0.6 is 0 Å². The number of aryl methyl sites for hydroxylation is 1. The summed E-state index contributed by atoms with van der Waals surface area (Å²) in [6.07, 6.45) is 3.21. The molecule has 1 unspecified atom stereocenters. The number of hydrogen-bond donors (Lipinski definition) is 2. The van der Waals surface area contributed by atoms with Gasteiger partial charge in [0.25, 0.3) is 0 Å². The Labute approximate surface area is 102 Å². The lowest BCUT2D eigenvalue weighted by Gasteiger charge is -2.06. The van der Waals surface area contributed by atoms with Crippen LogP contribution in [0.4, 0.5) is 0 Å². The number of fused-ring (bicyclic) bond motifs is 1. The lowest BCUT2D eigenvalue weighted by molar-refractivity contribution is 0.616. The van der Waals surface area contributed by atoms with Crippen molar-refractivity contribution in [1.29, 1.82) is 0 Å². The van der Waals surface area contributed by atoms with Crippen LogP contribution in [0.1, 0.15) is 44.0 Å². The Kier molecular flexibility index (Phi) is 3.79. The van der Waals surface area contributed by atoms with Crippen molar-refractivity contribution in [2.24, 2.45) is 5.73 Å². The molecule has 0 radical (unpaired) electrons. The van der Waals surface area contributed by atoms with E-state index >= 15 is 0 Å². The molecule has 3 heteroatoms. The zero-order valence-electron chi connectivity index (χ0n) is 10.7. The zero-order chi connectivity index (χ0) is 12.3. The molecule has 2 rings (SSSR count). The fourth-order valence-electron chi connectivity index (χ4n) is 2.09. The molecule has 92 valence electrons. The number of aromatic nitrogens is 2. The molecule has 1 aromatic carbocycles. The van der Waals surface area contributed by atoms with Gasteiger partial charge in [-0.25, -0.2) is 4.98 Å². The first kappa shape index (κ1) is 12.1. The number of rotatable bonds is 5. The first-order valence-electron chi connectivity index (χ1n) is 6.43. The van der Waals surface area contributed by atoms with E-state index in [-0.39, 0.29) is 0 Å². The molecular weight excluding hydrogens is 210 g/mol. The van der Waals surface area contributed by atoms with Gasteiger partial charge in [-0.05, 0) is 43.5 Å². The van der Waals surface area contributed by atoms with E-state index in [1.165, 1.54) is 5.56 Å². The maximum absolute atomic E-state index is 5.54. The standard InChI is InChI=1S/C14H21N3/c1-3-11-6-7-12-13(9-11)17-14(16-12)10(2)5-4-8-15/h6-7,9-10H,3-5,8,15H2,1-2H3,(H,16,17). The highest BCUT2D eigenvalue weighted by Crippen LogP contribution is 2.21. The number of nitrogens with two attached hydrogens (primary N) is 1. The summed E-state index contributed by atoms with van der Waals surface area (Å²) in [5, 5.41) is 0. The Bertz CT molecular complexity index is 487. The molecule has 1 aromatic heterocycles. The van der Waals surface area contributed by atoms with Crippen LogP contribution in [0.2, 0.25) is 0 Å². The first-order chi connectivity index (χ1) is 8.24. The van der Waals surface area contributed by atoms with Gasteiger partial charge in [-0.1, -0.05) is 19.9 Å². The Hall–Kier alpha value is -1.35. The van der Waals surface area contributed by atoms with Crippen LogP contribution in [0.25, 0.3) is 11.0 Å². The predicted molar refractivity (Wildman–Crippen MR) is 72.2 cm³/mol. The topological polar surface area (TPSA) is 54.7 Å². The molecule has 3 nitrogen and oxygen atoms in total. The average molecular weight is 231 g/mol. The molecule has 17 heavy (non-hydrogen) atoms. The van der Waals surface area contributed by atoms with Gasteiger partial charge in [-0.15, -0.1) is 0 Å². The maximum Gasteiger partial charge on any atom is 0.110 e. The van der Waals surface area contributed by atoms with E-state index in [9.17, 15) is 0 Å². The monoisotopic (exact) mass is 231 g/mol. The van der Waals surface area contributed by atoms with Gasteiger partial charge in [0.1, 0.15) is 5.82 Å². The van der Waals surface area contributed by atoms with Crippen molar-refractivity contribution >= 4 is 11.0 Å². The van der Waals surface area contributed by atoms with Gasteiger partial charge >= 0.3 is 0 Å². The molecule has 0 fully saturated rings. The zero-order valence-corrected chi connectivity index (χ0v) is 10.7. The van der Waals surface area contributed by atoms with Crippen LogP contribution in [0, 0.1) is 0 Å². The van der Waals surface area contributed by atoms with Gasteiger partial charge in [0, 0.05) is 5.92 Å². The summed E-state index contributed by atoms with van der Waals surface area (Å²) in [6, 6.07) is 6.45. The summed E-state index contributed by atoms with van der Waals surface area (Å²) in [7, 11) is 0. The van der Waals surface area contributed by atoms with E-state index < -0.39 is 0 Å². The largest absolute Gasteiger partial charge is 0.342 e. The van der Waals surface area contributed by atoms with Gasteiger partial charge in [0.15, 0.2) is 0 Å². The number of H-pyrrole nitrogens is 1. The molecule has 0 amide bonds. The summed E-state index contributed by atoms with van der Waals surface area (Å²) in [4.78, 5) is 8.07. The molecule has 3 N–H and O–H groups in total. The minimum atomic E-state index is 0.455. The first-order valence-corrected chi connectivity index (χ1v) is 6.43. The number of benzene rings is 1. The molecule has 0 bridgehead atoms. The van der Waals surface area contributed by atoms with E-state index in [0.29, 0.717) is 5.92 Å². The average Bonchev–Trinajstić information content (AvgIpc) is 2.78. The lowest BCUT2D eigenvalue weighted by Crippen LogP contribution is -2.02. The quantitative estimate of drug-likeness (QED) is 0.831. The molecule has 0 aliphatic carbocycles. The molecule has 1 atom stereocenters. The van der Waals surface area contributed by atoms with Gasteiger partial charge in [0.05, 0.1) is 11.0 Å². The van der Waals surface area contributed by atoms with Gasteiger partial charge in [0.2, 0.25) is 0 Å². The van der Waals surface area contributed by atoms with Crippen LogP contribution in [0.5, 0.6) is 0 Å². The number of hydrogen-bond acceptors (Lipinski definition) is 2. The number of imidazole rings is 1. The van der Waals surface area contributed by atoms with Crippen molar-refractivity contribution in [2.75, 3.05) is 6.54 Å². The number of nitrogens with one attached hydrogen (secondary N) is 1. The van der Waals surface area contributed by atoms with Gasteiger partial charge in [-0.2, -0.15) is 0 Å². The summed E-state index contributed by atoms with van der Waals surface area (Å²) in [5.41, 5.74) is 9.10. The second-order valence-corrected chi connectivity index (χ2v) is 4.66. The predicted octanol–water partition coefficient (Wildman–Crippen LogP) is 2.97. The molecule has 0 aliphatic rings. The molecule has 0 aliphatic heterocycles. The van der Waals surface area contributed by atoms with E-state index in [4.69, 9.17) is 5.73 Å². The molecule has 0 spiro atoms. The second-order valence-electron chi connectivity index (χ2n) is 4.66. The summed E-state index contributed by atoms with van der Waals surface area (Å²) < 4.78 is 0. The van der Waals surface area contributed by atoms with Crippen molar-refractivity contribution in [1.82, 2.24) is 9.97 Å². The van der Waals surface area contributed by atoms with Gasteiger partial charge < -0.3 is 10.7 Å². The van der Waals surface area contributed by atoms with Crippen LogP contribution in [-0.2, 0) is 6.42 Å². The summed E-state index contributed by atoms with van der Waals surface area (Å²) >= 11 is 0. The number of nitrogens with zero attached hydrogens (tertiary/aromatic N) is 1. The Morgan fingerprint density at radius 2 is 2.24 bits per heavy atom. The van der Waals surface area contributed by atoms with Crippen molar-refractivity contribution in [3.63, 3.8) is 0 Å². The van der Waals surface area contributed by atoms with Crippen LogP contribution in [-0.4, -0.2) is 16.5 Å². The van der Waals surface area contributed by atoms with Gasteiger partial charge in [-0.3, -0.25) is 0 Å². The summed E-state index contributed by atoms with van der Waals surface area (Å²) in [6.45, 7) is 5.13. The molecule has 0 saturated carbocycles. The fourth-order valence-corrected chi connectivity index (χ4v) is 2.09. The minimum absolute atomic E-state index is 0.455. The third-order valence-corrected chi connectivity index (χ3v) is 3.28. The third-order valence-electron chi connectivity index (χ3n) is 3.28. The Morgan fingerprint density at radius 3 is 2.94 bits per heavy atom. The SMILES string of the molecule is CCc1ccc2nc(C(C)CCCN)[nH]c2c1. The van der Waals surface area contributed by atoms with Crippen molar-refractivity contribution < 1.29 is 0 Å². The van der Waals surface area contributed by atoms with Crippen molar-refractivity contribution in [3.05, 3.63) is 29.6 Å². The smallest absolute Gasteiger partial charge is 0.110 e. The Balaban J connectivity index is 2.24. The van der Waals surface area contributed by atoms with Crippen LogP contribution in [0.15, 0.2) is 18.2 Å². The number of aromatic amines is 1. The molecule has 1 heterocycles. The third kappa shape index (κ3) is 2.67. The second kappa shape index (κ2) is 5.32. The Morgan fingerprint density at radius 1 is 1.41 bits per heavy atom. The lowest BCUT2D eigenvalue weighted by atomic mass is 10.1. The van der Waals surface area contributed by atoms with Crippen LogP contribution in [0.3, 0.4) is 0 Å². The highest BCUT2D eigenvalue weighted by Gasteiger charge is 2.10. The van der Waals surface area contributed by atoms with E-state index in [2.05, 4.69) is 42.0 Å². The highest BCUT2D eigenvalue weighted by molar-refractivity contribution is 5.76. The maximum atomic E-state index is 5.54. The van der Waals surface area contributed by atoms with Crippen LogP contribution < -0.4 is 5.73 Å². The molecular formula is C14H21N3. The minimum Gasteiger partial charge on any atom is -0.342 e. The van der Waals surface area contributed by atoms with E-state index in [0.717, 1.165) is 42.7 Å². The normalized spacial score (nSPS) is 13.1. The summed E-state index contributed by atoms with van der Waals surface area (Å²) in [5.74, 6) is 1.54. The van der Waals surface area contributed by atoms with E-state index in [1.54, 1.807) is 0 Å². The van der Waals surface area contributed by atoms with Crippen molar-refractivity contribution in [3.8, 4) is 0 Å².